The molecule has 1 aliphatic rings. The third-order valence-corrected chi connectivity index (χ3v) is 5.59. The van der Waals surface area contributed by atoms with Crippen LogP contribution in [0, 0.1) is 0 Å². The van der Waals surface area contributed by atoms with Crippen LogP contribution in [0.15, 0.2) is 39.4 Å². The van der Waals surface area contributed by atoms with E-state index in [0.29, 0.717) is 18.0 Å². The zero-order valence-electron chi connectivity index (χ0n) is 15.7. The van der Waals surface area contributed by atoms with Crippen LogP contribution in [0.25, 0.3) is 0 Å². The number of furan rings is 1. The second-order valence-electron chi connectivity index (χ2n) is 6.55. The van der Waals surface area contributed by atoms with Crippen molar-refractivity contribution in [3.63, 3.8) is 0 Å². The zero-order valence-corrected chi connectivity index (χ0v) is 17.3. The van der Waals surface area contributed by atoms with Crippen LogP contribution in [-0.2, 0) is 11.2 Å². The van der Waals surface area contributed by atoms with Gasteiger partial charge in [-0.05, 0) is 55.8 Å². The molecule has 6 nitrogen and oxygen atoms in total. The molecule has 0 aliphatic carbocycles. The fourth-order valence-corrected chi connectivity index (χ4v) is 3.88. The SMILES string of the molecule is COc1cc(Br)c(CC(=O)NCC(c2ccco2)N2CCCC2)cc1OC. The number of ether oxygens (including phenoxy) is 2. The number of carbonyl (C=O) groups is 1. The smallest absolute Gasteiger partial charge is 0.224 e. The second kappa shape index (κ2) is 9.28. The highest BCUT2D eigenvalue weighted by atomic mass is 79.9. The first-order valence-corrected chi connectivity index (χ1v) is 9.86. The third kappa shape index (κ3) is 4.84. The van der Waals surface area contributed by atoms with Crippen LogP contribution in [0.5, 0.6) is 11.5 Å². The Morgan fingerprint density at radius 1 is 1.26 bits per heavy atom. The average molecular weight is 437 g/mol. The molecule has 0 saturated carbocycles. The van der Waals surface area contributed by atoms with Crippen molar-refractivity contribution >= 4 is 21.8 Å². The summed E-state index contributed by atoms with van der Waals surface area (Å²) >= 11 is 3.51. The summed E-state index contributed by atoms with van der Waals surface area (Å²) in [5, 5.41) is 3.06. The lowest BCUT2D eigenvalue weighted by molar-refractivity contribution is -0.120. The van der Waals surface area contributed by atoms with Crippen molar-refractivity contribution < 1.29 is 18.7 Å². The van der Waals surface area contributed by atoms with Crippen LogP contribution in [0.3, 0.4) is 0 Å². The molecule has 1 fully saturated rings. The van der Waals surface area contributed by atoms with Crippen molar-refractivity contribution in [3.05, 3.63) is 46.3 Å². The molecule has 1 aromatic carbocycles. The Morgan fingerprint density at radius 3 is 2.59 bits per heavy atom. The van der Waals surface area contributed by atoms with Crippen molar-refractivity contribution in [1.29, 1.82) is 0 Å². The number of nitrogens with zero attached hydrogens (tertiary/aromatic N) is 1. The summed E-state index contributed by atoms with van der Waals surface area (Å²) in [6.07, 6.45) is 4.31. The van der Waals surface area contributed by atoms with Crippen LogP contribution >= 0.6 is 15.9 Å². The average Bonchev–Trinajstić information content (AvgIpc) is 3.37. The summed E-state index contributed by atoms with van der Waals surface area (Å²) in [6.45, 7) is 2.59. The lowest BCUT2D eigenvalue weighted by atomic mass is 10.1. The molecule has 0 bridgehead atoms. The van der Waals surface area contributed by atoms with Crippen molar-refractivity contribution in [1.82, 2.24) is 10.2 Å². The van der Waals surface area contributed by atoms with Crippen LogP contribution in [0.2, 0.25) is 0 Å². The number of nitrogens with one attached hydrogen (secondary N) is 1. The molecule has 2 heterocycles. The molecule has 146 valence electrons. The summed E-state index contributed by atoms with van der Waals surface area (Å²) < 4.78 is 17.0. The molecule has 0 radical (unpaired) electrons. The van der Waals surface area contributed by atoms with Gasteiger partial charge in [-0.2, -0.15) is 0 Å². The largest absolute Gasteiger partial charge is 0.493 e. The first-order chi connectivity index (χ1) is 13.1. The monoisotopic (exact) mass is 436 g/mol. The number of hydrogen-bond acceptors (Lipinski definition) is 5. The highest BCUT2D eigenvalue weighted by Crippen LogP contribution is 2.33. The van der Waals surface area contributed by atoms with E-state index in [0.717, 1.165) is 28.9 Å². The highest BCUT2D eigenvalue weighted by molar-refractivity contribution is 9.10. The van der Waals surface area contributed by atoms with Crippen molar-refractivity contribution in [3.8, 4) is 11.5 Å². The van der Waals surface area contributed by atoms with E-state index in [4.69, 9.17) is 13.9 Å². The van der Waals surface area contributed by atoms with E-state index >= 15 is 0 Å². The van der Waals surface area contributed by atoms with Gasteiger partial charge in [0.05, 0.1) is 32.9 Å². The molecule has 0 spiro atoms. The van der Waals surface area contributed by atoms with Gasteiger partial charge >= 0.3 is 0 Å². The quantitative estimate of drug-likeness (QED) is 0.685. The highest BCUT2D eigenvalue weighted by Gasteiger charge is 2.26. The van der Waals surface area contributed by atoms with Gasteiger partial charge in [0.15, 0.2) is 11.5 Å². The molecule has 2 aromatic rings. The molecule has 1 unspecified atom stereocenters. The molecular formula is C20H25BrN2O4. The van der Waals surface area contributed by atoms with Gasteiger partial charge in [-0.1, -0.05) is 15.9 Å². The Bertz CT molecular complexity index is 758. The summed E-state index contributed by atoms with van der Waals surface area (Å²) in [5.41, 5.74) is 0.848. The van der Waals surface area contributed by atoms with E-state index in [1.54, 1.807) is 20.5 Å². The Kier molecular flexibility index (Phi) is 6.79. The molecule has 1 saturated heterocycles. The van der Waals surface area contributed by atoms with Gasteiger partial charge in [0.25, 0.3) is 0 Å². The van der Waals surface area contributed by atoms with E-state index in [9.17, 15) is 4.79 Å². The Labute approximate surface area is 167 Å². The lowest BCUT2D eigenvalue weighted by Crippen LogP contribution is -2.37. The Balaban J connectivity index is 1.64. The summed E-state index contributed by atoms with van der Waals surface area (Å²) in [5.74, 6) is 2.08. The van der Waals surface area contributed by atoms with E-state index in [1.165, 1.54) is 12.8 Å². The van der Waals surface area contributed by atoms with Gasteiger partial charge in [0, 0.05) is 11.0 Å². The molecule has 1 N–H and O–H groups in total. The minimum atomic E-state index is -0.0429. The summed E-state index contributed by atoms with van der Waals surface area (Å²) in [6, 6.07) is 7.58. The van der Waals surface area contributed by atoms with Gasteiger partial charge in [0.1, 0.15) is 5.76 Å². The van der Waals surface area contributed by atoms with Gasteiger partial charge in [-0.25, -0.2) is 0 Å². The first kappa shape index (κ1) is 19.8. The Hall–Kier alpha value is -1.99. The zero-order chi connectivity index (χ0) is 19.2. The van der Waals surface area contributed by atoms with Crippen molar-refractivity contribution in [2.75, 3.05) is 33.9 Å². The van der Waals surface area contributed by atoms with E-state index in [1.807, 2.05) is 24.3 Å². The maximum Gasteiger partial charge on any atom is 0.224 e. The van der Waals surface area contributed by atoms with Gasteiger partial charge < -0.3 is 19.2 Å². The number of methoxy groups -OCH3 is 2. The lowest BCUT2D eigenvalue weighted by Gasteiger charge is -2.26. The number of halogens is 1. The second-order valence-corrected chi connectivity index (χ2v) is 7.41. The molecule has 27 heavy (non-hydrogen) atoms. The van der Waals surface area contributed by atoms with Crippen LogP contribution in [0.1, 0.15) is 30.2 Å². The maximum absolute atomic E-state index is 12.6. The number of amides is 1. The van der Waals surface area contributed by atoms with E-state index in [-0.39, 0.29) is 18.4 Å². The maximum atomic E-state index is 12.6. The number of benzene rings is 1. The van der Waals surface area contributed by atoms with E-state index in [2.05, 4.69) is 26.1 Å². The fourth-order valence-electron chi connectivity index (χ4n) is 3.42. The number of hydrogen-bond donors (Lipinski definition) is 1. The normalized spacial score (nSPS) is 15.5. The molecule has 7 heteroatoms. The predicted octanol–water partition coefficient (Wildman–Crippen LogP) is 3.56. The first-order valence-electron chi connectivity index (χ1n) is 9.07. The summed E-state index contributed by atoms with van der Waals surface area (Å²) in [4.78, 5) is 14.9. The number of rotatable bonds is 8. The summed E-state index contributed by atoms with van der Waals surface area (Å²) in [7, 11) is 3.17. The molecule has 1 atom stereocenters. The topological polar surface area (TPSA) is 63.9 Å². The van der Waals surface area contributed by atoms with Gasteiger partial charge in [-0.15, -0.1) is 0 Å². The minimum Gasteiger partial charge on any atom is -0.493 e. The number of carbonyl (C=O) groups excluding carboxylic acids is 1. The van der Waals surface area contributed by atoms with Crippen LogP contribution < -0.4 is 14.8 Å². The standard InChI is InChI=1S/C20H25BrN2O4/c1-25-18-10-14(15(21)12-19(18)26-2)11-20(24)22-13-16(17-6-5-9-27-17)23-7-3-4-8-23/h5-6,9-10,12,16H,3-4,7-8,11,13H2,1-2H3,(H,22,24). The molecule has 3 rings (SSSR count). The van der Waals surface area contributed by atoms with Crippen molar-refractivity contribution in [2.24, 2.45) is 0 Å². The van der Waals surface area contributed by atoms with Crippen molar-refractivity contribution in [2.45, 2.75) is 25.3 Å². The van der Waals surface area contributed by atoms with Crippen LogP contribution in [-0.4, -0.2) is 44.7 Å². The third-order valence-electron chi connectivity index (χ3n) is 4.85. The van der Waals surface area contributed by atoms with Gasteiger partial charge in [-0.3, -0.25) is 9.69 Å². The molecule has 1 amide bonds. The fraction of sp³-hybridized carbons (Fsp3) is 0.450. The molecule has 1 aromatic heterocycles. The predicted molar refractivity (Wildman–Crippen MR) is 106 cm³/mol. The van der Waals surface area contributed by atoms with Gasteiger partial charge in [0.2, 0.25) is 5.91 Å². The molecular weight excluding hydrogens is 412 g/mol. The Morgan fingerprint density at radius 2 is 1.96 bits per heavy atom. The molecule has 1 aliphatic heterocycles. The minimum absolute atomic E-state index is 0.0429. The van der Waals surface area contributed by atoms with E-state index < -0.39 is 0 Å². The van der Waals surface area contributed by atoms with Crippen LogP contribution in [0.4, 0.5) is 0 Å². The number of likely N-dealkylation sites (tertiary alicyclic amines) is 1.